The normalized spacial score (nSPS) is 16.4. The van der Waals surface area contributed by atoms with Gasteiger partial charge >= 0.3 is 0 Å². The maximum absolute atomic E-state index is 12.8. The van der Waals surface area contributed by atoms with E-state index in [4.69, 9.17) is 23.2 Å². The highest BCUT2D eigenvalue weighted by Crippen LogP contribution is 2.32. The Morgan fingerprint density at radius 1 is 1.12 bits per heavy atom. The number of pyridine rings is 1. The Labute approximate surface area is 162 Å². The van der Waals surface area contributed by atoms with Crippen LogP contribution in [0.15, 0.2) is 47.6 Å². The number of sulfonamides is 1. The summed E-state index contributed by atoms with van der Waals surface area (Å²) in [4.78, 5) is 16.0. The maximum atomic E-state index is 12.8. The fourth-order valence-electron chi connectivity index (χ4n) is 2.86. The minimum Gasteiger partial charge on any atom is -0.349 e. The Morgan fingerprint density at radius 3 is 2.35 bits per heavy atom. The molecule has 0 aliphatic carbocycles. The highest BCUT2D eigenvalue weighted by molar-refractivity contribution is 7.89. The summed E-state index contributed by atoms with van der Waals surface area (Å²) in [7, 11) is -3.78. The lowest BCUT2D eigenvalue weighted by molar-refractivity contribution is 0.0923. The van der Waals surface area contributed by atoms with Gasteiger partial charge in [-0.1, -0.05) is 29.3 Å². The average Bonchev–Trinajstić information content (AvgIpc) is 2.62. The van der Waals surface area contributed by atoms with Crippen molar-refractivity contribution in [1.29, 1.82) is 0 Å². The van der Waals surface area contributed by atoms with Crippen molar-refractivity contribution in [3.8, 4) is 0 Å². The van der Waals surface area contributed by atoms with E-state index < -0.39 is 10.0 Å². The van der Waals surface area contributed by atoms with Crippen molar-refractivity contribution in [2.24, 2.45) is 0 Å². The Bertz CT molecular complexity index is 878. The van der Waals surface area contributed by atoms with Crippen LogP contribution in [0.2, 0.25) is 10.0 Å². The van der Waals surface area contributed by atoms with Crippen LogP contribution in [0.25, 0.3) is 0 Å². The van der Waals surface area contributed by atoms with Gasteiger partial charge in [-0.25, -0.2) is 8.42 Å². The molecule has 0 radical (unpaired) electrons. The third kappa shape index (κ3) is 4.01. The molecular weight excluding hydrogens is 397 g/mol. The van der Waals surface area contributed by atoms with Crippen LogP contribution in [0.1, 0.15) is 23.2 Å². The predicted octanol–water partition coefficient (Wildman–Crippen LogP) is 2.97. The highest BCUT2D eigenvalue weighted by Gasteiger charge is 2.32. The minimum absolute atomic E-state index is 0.0684. The number of halogens is 2. The number of nitrogens with one attached hydrogen (secondary N) is 1. The molecule has 1 fully saturated rings. The van der Waals surface area contributed by atoms with Gasteiger partial charge in [-0.05, 0) is 37.1 Å². The fourth-order valence-corrected chi connectivity index (χ4v) is 5.43. The summed E-state index contributed by atoms with van der Waals surface area (Å²) in [6.07, 6.45) is 4.11. The zero-order chi connectivity index (χ0) is 18.7. The number of rotatable bonds is 4. The molecule has 0 atom stereocenters. The first-order valence-electron chi connectivity index (χ1n) is 8.04. The molecule has 1 aliphatic rings. The Hall–Kier alpha value is -1.67. The Balaban J connectivity index is 1.66. The lowest BCUT2D eigenvalue weighted by Crippen LogP contribution is -2.46. The van der Waals surface area contributed by atoms with E-state index >= 15 is 0 Å². The molecule has 138 valence electrons. The number of hydrogen-bond acceptors (Lipinski definition) is 4. The maximum Gasteiger partial charge on any atom is 0.253 e. The number of amides is 1. The average molecular weight is 414 g/mol. The second-order valence-electron chi connectivity index (χ2n) is 5.94. The van der Waals surface area contributed by atoms with E-state index in [-0.39, 0.29) is 40.0 Å². The van der Waals surface area contributed by atoms with Crippen molar-refractivity contribution in [3.63, 3.8) is 0 Å². The SMILES string of the molecule is O=C(NC1CCN(S(=O)(=O)c2c(Cl)cccc2Cl)CC1)c1cccnc1. The van der Waals surface area contributed by atoms with Crippen LogP contribution < -0.4 is 5.32 Å². The van der Waals surface area contributed by atoms with Crippen molar-refractivity contribution in [1.82, 2.24) is 14.6 Å². The first-order valence-corrected chi connectivity index (χ1v) is 10.2. The van der Waals surface area contributed by atoms with Gasteiger partial charge in [0.25, 0.3) is 5.91 Å². The fraction of sp³-hybridized carbons (Fsp3) is 0.294. The van der Waals surface area contributed by atoms with Crippen molar-refractivity contribution in [2.45, 2.75) is 23.8 Å². The van der Waals surface area contributed by atoms with E-state index in [0.717, 1.165) is 0 Å². The highest BCUT2D eigenvalue weighted by atomic mass is 35.5. The van der Waals surface area contributed by atoms with Gasteiger partial charge in [0.05, 0.1) is 15.6 Å². The summed E-state index contributed by atoms with van der Waals surface area (Å²) in [6, 6.07) is 7.88. The van der Waals surface area contributed by atoms with E-state index in [1.807, 2.05) is 0 Å². The monoisotopic (exact) mass is 413 g/mol. The summed E-state index contributed by atoms with van der Waals surface area (Å²) in [5, 5.41) is 3.12. The topological polar surface area (TPSA) is 79.4 Å². The second-order valence-corrected chi connectivity index (χ2v) is 8.63. The number of benzene rings is 1. The van der Waals surface area contributed by atoms with Crippen LogP contribution in [-0.2, 0) is 10.0 Å². The molecule has 6 nitrogen and oxygen atoms in total. The number of carbonyl (C=O) groups is 1. The second kappa shape index (κ2) is 7.92. The van der Waals surface area contributed by atoms with Crippen LogP contribution >= 0.6 is 23.2 Å². The quantitative estimate of drug-likeness (QED) is 0.835. The van der Waals surface area contributed by atoms with E-state index in [0.29, 0.717) is 18.4 Å². The van der Waals surface area contributed by atoms with Gasteiger partial charge in [0.2, 0.25) is 10.0 Å². The molecule has 1 aromatic heterocycles. The molecule has 1 N–H and O–H groups in total. The summed E-state index contributed by atoms with van der Waals surface area (Å²) in [6.45, 7) is 0.559. The van der Waals surface area contributed by atoms with Gasteiger partial charge in [0.1, 0.15) is 4.90 Å². The zero-order valence-corrected chi connectivity index (χ0v) is 16.1. The molecule has 1 aromatic carbocycles. The van der Waals surface area contributed by atoms with Gasteiger partial charge in [0.15, 0.2) is 0 Å². The lowest BCUT2D eigenvalue weighted by atomic mass is 10.1. The standard InChI is InChI=1S/C17H17Cl2N3O3S/c18-14-4-1-5-15(19)16(14)26(24,25)22-9-6-13(7-10-22)21-17(23)12-3-2-8-20-11-12/h1-5,8,11,13H,6-7,9-10H2,(H,21,23). The summed E-state index contributed by atoms with van der Waals surface area (Å²) in [5.41, 5.74) is 0.477. The summed E-state index contributed by atoms with van der Waals surface area (Å²) >= 11 is 12.1. The first kappa shape index (κ1) is 19.1. The van der Waals surface area contributed by atoms with Crippen LogP contribution in [0.3, 0.4) is 0 Å². The van der Waals surface area contributed by atoms with Crippen molar-refractivity contribution < 1.29 is 13.2 Å². The molecule has 0 bridgehead atoms. The van der Waals surface area contributed by atoms with Gasteiger partial charge in [-0.2, -0.15) is 4.31 Å². The smallest absolute Gasteiger partial charge is 0.253 e. The van der Waals surface area contributed by atoms with Crippen LogP contribution in [0.5, 0.6) is 0 Å². The van der Waals surface area contributed by atoms with Gasteiger partial charge < -0.3 is 5.32 Å². The molecule has 0 spiro atoms. The largest absolute Gasteiger partial charge is 0.349 e. The van der Waals surface area contributed by atoms with E-state index in [1.54, 1.807) is 24.4 Å². The number of hydrogen-bond donors (Lipinski definition) is 1. The molecule has 1 saturated heterocycles. The molecule has 26 heavy (non-hydrogen) atoms. The molecule has 3 rings (SSSR count). The molecule has 1 aliphatic heterocycles. The molecular formula is C17H17Cl2N3O3S. The Morgan fingerprint density at radius 2 is 1.77 bits per heavy atom. The van der Waals surface area contributed by atoms with Crippen LogP contribution in [0.4, 0.5) is 0 Å². The number of piperidine rings is 1. The van der Waals surface area contributed by atoms with Gasteiger partial charge in [-0.3, -0.25) is 9.78 Å². The number of aromatic nitrogens is 1. The molecule has 9 heteroatoms. The third-order valence-electron chi connectivity index (χ3n) is 4.23. The summed E-state index contributed by atoms with van der Waals surface area (Å²) in [5.74, 6) is -0.214. The molecule has 0 saturated carbocycles. The molecule has 2 heterocycles. The Kier molecular flexibility index (Phi) is 5.82. The number of carbonyl (C=O) groups excluding carboxylic acids is 1. The van der Waals surface area contributed by atoms with Gasteiger partial charge in [-0.15, -0.1) is 0 Å². The van der Waals surface area contributed by atoms with Crippen molar-refractivity contribution in [3.05, 3.63) is 58.3 Å². The predicted molar refractivity (Wildman–Crippen MR) is 99.9 cm³/mol. The third-order valence-corrected chi connectivity index (χ3v) is 7.08. The first-order chi connectivity index (χ1) is 12.4. The van der Waals surface area contributed by atoms with Crippen LogP contribution in [0, 0.1) is 0 Å². The zero-order valence-electron chi connectivity index (χ0n) is 13.7. The summed E-state index contributed by atoms with van der Waals surface area (Å²) < 4.78 is 27.0. The molecule has 2 aromatic rings. The number of nitrogens with zero attached hydrogens (tertiary/aromatic N) is 2. The molecule has 1 amide bonds. The van der Waals surface area contributed by atoms with Crippen molar-refractivity contribution in [2.75, 3.05) is 13.1 Å². The van der Waals surface area contributed by atoms with E-state index in [9.17, 15) is 13.2 Å². The van der Waals surface area contributed by atoms with Crippen molar-refractivity contribution >= 4 is 39.1 Å². The van der Waals surface area contributed by atoms with Gasteiger partial charge in [0, 0.05) is 31.5 Å². The lowest BCUT2D eigenvalue weighted by Gasteiger charge is -2.32. The minimum atomic E-state index is -3.78. The van der Waals surface area contributed by atoms with E-state index in [1.165, 1.54) is 22.6 Å². The van der Waals surface area contributed by atoms with E-state index in [2.05, 4.69) is 10.3 Å². The molecule has 0 unspecified atom stereocenters. The van der Waals surface area contributed by atoms with Crippen LogP contribution in [-0.4, -0.2) is 42.7 Å².